The minimum absolute atomic E-state index is 0.163. The topological polar surface area (TPSA) is 101 Å². The zero-order valence-electron chi connectivity index (χ0n) is 22.2. The Morgan fingerprint density at radius 2 is 1.76 bits per heavy atom. The lowest BCUT2D eigenvalue weighted by molar-refractivity contribution is -0.139. The van der Waals surface area contributed by atoms with Crippen molar-refractivity contribution in [3.63, 3.8) is 0 Å². The van der Waals surface area contributed by atoms with Gasteiger partial charge in [-0.3, -0.25) is 14.6 Å². The van der Waals surface area contributed by atoms with E-state index in [0.29, 0.717) is 61.1 Å². The highest BCUT2D eigenvalue weighted by atomic mass is 16.5. The number of esters is 1. The van der Waals surface area contributed by atoms with E-state index in [2.05, 4.69) is 10.2 Å². The minimum Gasteiger partial charge on any atom is -0.493 e. The smallest absolute Gasteiger partial charge is 0.338 e. The molecule has 1 saturated carbocycles. The Bertz CT molecular complexity index is 1040. The zero-order valence-corrected chi connectivity index (χ0v) is 22.2. The first-order valence-electron chi connectivity index (χ1n) is 13.1. The van der Waals surface area contributed by atoms with Crippen LogP contribution in [0.5, 0.6) is 11.5 Å². The third-order valence-corrected chi connectivity index (χ3v) is 7.58. The molecule has 1 aromatic carbocycles. The van der Waals surface area contributed by atoms with Gasteiger partial charge < -0.3 is 24.4 Å². The fraction of sp³-hybridized carbons (Fsp3) is 0.593. The lowest BCUT2D eigenvalue weighted by atomic mass is 9.93. The number of methoxy groups -OCH3 is 2. The number of hydrogen-bond acceptors (Lipinski definition) is 7. The van der Waals surface area contributed by atoms with E-state index in [1.54, 1.807) is 33.2 Å². The van der Waals surface area contributed by atoms with Crippen molar-refractivity contribution in [1.82, 2.24) is 20.0 Å². The predicted octanol–water partition coefficient (Wildman–Crippen LogP) is 2.55. The first-order chi connectivity index (χ1) is 17.9. The summed E-state index contributed by atoms with van der Waals surface area (Å²) in [7, 11) is 4.72. The summed E-state index contributed by atoms with van der Waals surface area (Å²) in [6.45, 7) is 4.95. The van der Waals surface area contributed by atoms with Crippen LogP contribution in [0.2, 0.25) is 0 Å². The number of rotatable bonds is 8. The van der Waals surface area contributed by atoms with E-state index in [9.17, 15) is 14.4 Å². The van der Waals surface area contributed by atoms with Crippen LogP contribution in [0.25, 0.3) is 0 Å². The monoisotopic (exact) mass is 514 g/mol. The van der Waals surface area contributed by atoms with Gasteiger partial charge in [0.15, 0.2) is 11.5 Å². The standard InChI is InChI=1S/C27H38N4O6/c1-5-37-26(33)22-20(17-30-13-15-31(16-14-30)25(32)18-9-6-7-10-18)29(2)27(34)28-23(22)19-11-8-12-21(35-3)24(19)36-4/h8,11-12,18,23H,5-7,9-10,13-17H2,1-4H3,(H,28,34)/t23-/m0/s1. The van der Waals surface area contributed by atoms with Crippen molar-refractivity contribution in [3.05, 3.63) is 35.0 Å². The van der Waals surface area contributed by atoms with Crippen LogP contribution in [-0.4, -0.2) is 93.2 Å². The van der Waals surface area contributed by atoms with Gasteiger partial charge >= 0.3 is 12.0 Å². The van der Waals surface area contributed by atoms with E-state index >= 15 is 0 Å². The molecule has 202 valence electrons. The summed E-state index contributed by atoms with van der Waals surface area (Å²) in [6.07, 6.45) is 4.25. The second kappa shape index (κ2) is 11.9. The van der Waals surface area contributed by atoms with Gasteiger partial charge in [0.25, 0.3) is 0 Å². The van der Waals surface area contributed by atoms with Crippen LogP contribution in [0, 0.1) is 5.92 Å². The number of nitrogens with zero attached hydrogens (tertiary/aromatic N) is 3. The molecular weight excluding hydrogens is 476 g/mol. The van der Waals surface area contributed by atoms with Crippen LogP contribution in [0.1, 0.15) is 44.2 Å². The summed E-state index contributed by atoms with van der Waals surface area (Å²) in [4.78, 5) is 44.9. The molecule has 3 amide bonds. The highest BCUT2D eigenvalue weighted by molar-refractivity contribution is 5.95. The summed E-state index contributed by atoms with van der Waals surface area (Å²) in [5, 5.41) is 2.94. The summed E-state index contributed by atoms with van der Waals surface area (Å²) >= 11 is 0. The van der Waals surface area contributed by atoms with E-state index in [1.165, 1.54) is 12.0 Å². The number of benzene rings is 1. The van der Waals surface area contributed by atoms with Crippen molar-refractivity contribution in [1.29, 1.82) is 0 Å². The number of para-hydroxylation sites is 1. The maximum atomic E-state index is 13.3. The first kappa shape index (κ1) is 26.8. The molecular formula is C27H38N4O6. The van der Waals surface area contributed by atoms with E-state index < -0.39 is 12.0 Å². The molecule has 3 aliphatic rings. The van der Waals surface area contributed by atoms with Crippen molar-refractivity contribution in [2.75, 3.05) is 60.6 Å². The molecule has 0 spiro atoms. The van der Waals surface area contributed by atoms with Crippen LogP contribution < -0.4 is 14.8 Å². The van der Waals surface area contributed by atoms with Crippen molar-refractivity contribution in [2.24, 2.45) is 5.92 Å². The van der Waals surface area contributed by atoms with Crippen molar-refractivity contribution in [2.45, 2.75) is 38.6 Å². The lowest BCUT2D eigenvalue weighted by Crippen LogP contribution is -2.53. The van der Waals surface area contributed by atoms with Crippen LogP contribution in [0.3, 0.4) is 0 Å². The van der Waals surface area contributed by atoms with Crippen molar-refractivity contribution >= 4 is 17.9 Å². The number of urea groups is 1. The fourth-order valence-corrected chi connectivity index (χ4v) is 5.54. The van der Waals surface area contributed by atoms with Crippen molar-refractivity contribution < 1.29 is 28.6 Å². The molecule has 1 N–H and O–H groups in total. The molecule has 37 heavy (non-hydrogen) atoms. The van der Waals surface area contributed by atoms with Gasteiger partial charge in [0.1, 0.15) is 0 Å². The molecule has 1 atom stereocenters. The number of piperazine rings is 1. The molecule has 2 fully saturated rings. The van der Waals surface area contributed by atoms with Crippen LogP contribution in [0.4, 0.5) is 4.79 Å². The molecule has 2 aliphatic heterocycles. The van der Waals surface area contributed by atoms with Gasteiger partial charge in [-0.25, -0.2) is 9.59 Å². The maximum Gasteiger partial charge on any atom is 0.338 e. The normalized spacial score (nSPS) is 21.2. The van der Waals surface area contributed by atoms with Crippen LogP contribution in [0.15, 0.2) is 29.5 Å². The van der Waals surface area contributed by atoms with Gasteiger partial charge in [-0.1, -0.05) is 25.0 Å². The molecule has 10 heteroatoms. The van der Waals surface area contributed by atoms with Gasteiger partial charge in [0, 0.05) is 56.9 Å². The van der Waals surface area contributed by atoms with Gasteiger partial charge in [0.2, 0.25) is 5.91 Å². The lowest BCUT2D eigenvalue weighted by Gasteiger charge is -2.40. The number of likely N-dealkylation sites (N-methyl/N-ethyl adjacent to an activating group) is 1. The molecule has 1 aliphatic carbocycles. The molecule has 4 rings (SSSR count). The second-order valence-electron chi connectivity index (χ2n) is 9.69. The average molecular weight is 515 g/mol. The number of ether oxygens (including phenoxy) is 3. The van der Waals surface area contributed by atoms with Crippen LogP contribution in [-0.2, 0) is 14.3 Å². The Kier molecular flexibility index (Phi) is 8.58. The summed E-state index contributed by atoms with van der Waals surface area (Å²) < 4.78 is 16.5. The maximum absolute atomic E-state index is 13.3. The van der Waals surface area contributed by atoms with Crippen molar-refractivity contribution in [3.8, 4) is 11.5 Å². The Morgan fingerprint density at radius 1 is 1.05 bits per heavy atom. The summed E-state index contributed by atoms with van der Waals surface area (Å²) in [6, 6.07) is 4.27. The Morgan fingerprint density at radius 3 is 2.38 bits per heavy atom. The molecule has 0 unspecified atom stereocenters. The second-order valence-corrected chi connectivity index (χ2v) is 9.69. The summed E-state index contributed by atoms with van der Waals surface area (Å²) in [5.74, 6) is 0.884. The van der Waals surface area contributed by atoms with E-state index in [0.717, 1.165) is 25.7 Å². The number of nitrogens with one attached hydrogen (secondary N) is 1. The van der Waals surface area contributed by atoms with Gasteiger partial charge in [-0.2, -0.15) is 0 Å². The zero-order chi connectivity index (χ0) is 26.5. The SMILES string of the molecule is CCOC(=O)C1=C(CN2CCN(C(=O)C3CCCC3)CC2)N(C)C(=O)N[C@H]1c1cccc(OC)c1OC. The number of hydrogen-bond donors (Lipinski definition) is 1. The largest absolute Gasteiger partial charge is 0.493 e. The number of amides is 3. The number of carbonyl (C=O) groups is 3. The van der Waals surface area contributed by atoms with E-state index in [1.807, 2.05) is 11.0 Å². The van der Waals surface area contributed by atoms with E-state index in [-0.39, 0.29) is 24.5 Å². The molecule has 0 radical (unpaired) electrons. The Balaban J connectivity index is 1.62. The predicted molar refractivity (Wildman–Crippen MR) is 137 cm³/mol. The van der Waals surface area contributed by atoms with Gasteiger partial charge in [0.05, 0.1) is 32.4 Å². The average Bonchev–Trinajstić information content (AvgIpc) is 3.46. The third-order valence-electron chi connectivity index (χ3n) is 7.58. The van der Waals surface area contributed by atoms with Crippen LogP contribution >= 0.6 is 0 Å². The van der Waals surface area contributed by atoms with Gasteiger partial charge in [-0.05, 0) is 25.8 Å². The molecule has 0 bridgehead atoms. The molecule has 10 nitrogen and oxygen atoms in total. The minimum atomic E-state index is -0.770. The number of carbonyl (C=O) groups excluding carboxylic acids is 3. The van der Waals surface area contributed by atoms with E-state index in [4.69, 9.17) is 14.2 Å². The highest BCUT2D eigenvalue weighted by Crippen LogP contribution is 2.40. The van der Waals surface area contributed by atoms with Gasteiger partial charge in [-0.15, -0.1) is 0 Å². The third kappa shape index (κ3) is 5.53. The quantitative estimate of drug-likeness (QED) is 0.532. The fourth-order valence-electron chi connectivity index (χ4n) is 5.54. The summed E-state index contributed by atoms with van der Waals surface area (Å²) in [5.41, 5.74) is 1.54. The highest BCUT2D eigenvalue weighted by Gasteiger charge is 2.39. The first-order valence-corrected chi connectivity index (χ1v) is 13.1. The Labute approximate surface area is 218 Å². The molecule has 1 saturated heterocycles. The molecule has 1 aromatic rings. The molecule has 2 heterocycles. The molecule has 0 aromatic heterocycles. The Hall–Kier alpha value is -3.27.